The maximum Gasteiger partial charge on any atom is 0.274 e. The largest absolute Gasteiger partial charge is 0.507 e. The normalized spacial score (nSPS) is 14.2. The lowest BCUT2D eigenvalue weighted by Crippen LogP contribution is -2.44. The molecule has 4 aromatic rings. The number of hydrogen-bond donors (Lipinski definition) is 3. The zero-order valence-corrected chi connectivity index (χ0v) is 22.9. The molecule has 3 N–H and O–H groups in total. The molecule has 10 heteroatoms. The molecule has 1 saturated heterocycles. The molecule has 0 atom stereocenters. The average Bonchev–Trinajstić information content (AvgIpc) is 3.41. The van der Waals surface area contributed by atoms with Crippen LogP contribution in [-0.4, -0.2) is 59.5 Å². The molecule has 0 radical (unpaired) electrons. The van der Waals surface area contributed by atoms with Gasteiger partial charge in [-0.15, -0.1) is 0 Å². The van der Waals surface area contributed by atoms with Crippen molar-refractivity contribution in [1.82, 2.24) is 15.4 Å². The Morgan fingerprint density at radius 1 is 1.00 bits per heavy atom. The van der Waals surface area contributed by atoms with Crippen molar-refractivity contribution < 1.29 is 29.0 Å². The van der Waals surface area contributed by atoms with Crippen molar-refractivity contribution in [3.05, 3.63) is 76.9 Å². The minimum atomic E-state index is -0.376. The first kappa shape index (κ1) is 27.4. The summed E-state index contributed by atoms with van der Waals surface area (Å²) in [6.07, 6.45) is 1.58. The molecule has 3 aromatic carbocycles. The maximum absolute atomic E-state index is 13.5. The van der Waals surface area contributed by atoms with Gasteiger partial charge in [0, 0.05) is 31.7 Å². The van der Waals surface area contributed by atoms with E-state index in [0.717, 1.165) is 44.3 Å². The number of hydrogen-bond acceptors (Lipinski definition) is 8. The van der Waals surface area contributed by atoms with E-state index < -0.39 is 0 Å². The Hall–Kier alpha value is -4.21. The van der Waals surface area contributed by atoms with Crippen LogP contribution in [0.2, 0.25) is 5.02 Å². The number of nitrogens with zero attached hydrogens (tertiary/aromatic N) is 2. The molecule has 9 nitrogen and oxygen atoms in total. The third kappa shape index (κ3) is 5.85. The van der Waals surface area contributed by atoms with E-state index in [1.54, 1.807) is 38.5 Å². The first-order valence-corrected chi connectivity index (χ1v) is 13.3. The molecule has 40 heavy (non-hydrogen) atoms. The molecule has 1 amide bonds. The number of rotatable bonds is 8. The van der Waals surface area contributed by atoms with Gasteiger partial charge in [-0.1, -0.05) is 41.0 Å². The standard InChI is InChI=1S/C30H30ClN3O6/c1-38-21-7-3-18(4-8-21)17-34-13-11-20(12-14-34)32-30(37)28-27(19-5-9-22(39-2)10-6-19)29(40-33-28)23-15-24(31)26(36)16-25(23)35/h3-10,15-16,20,35-36H,11-14,17H2,1-2H3,(H,32,37). The number of phenolic OH excluding ortho intramolecular Hbond substituents is 2. The number of aromatic nitrogens is 1. The van der Waals surface area contributed by atoms with Crippen molar-refractivity contribution in [2.75, 3.05) is 27.3 Å². The van der Waals surface area contributed by atoms with Gasteiger partial charge in [-0.3, -0.25) is 9.69 Å². The molecule has 1 aromatic heterocycles. The number of nitrogens with one attached hydrogen (secondary N) is 1. The summed E-state index contributed by atoms with van der Waals surface area (Å²) in [7, 11) is 3.22. The number of aromatic hydroxyl groups is 2. The van der Waals surface area contributed by atoms with E-state index in [2.05, 4.69) is 27.5 Å². The van der Waals surface area contributed by atoms with E-state index >= 15 is 0 Å². The number of piperidine rings is 1. The van der Waals surface area contributed by atoms with Crippen LogP contribution in [0, 0.1) is 0 Å². The van der Waals surface area contributed by atoms with Crippen LogP contribution in [0.4, 0.5) is 0 Å². The van der Waals surface area contributed by atoms with Crippen LogP contribution in [0.5, 0.6) is 23.0 Å². The molecule has 0 saturated carbocycles. The summed E-state index contributed by atoms with van der Waals surface area (Å²) in [6.45, 7) is 2.51. The zero-order chi connectivity index (χ0) is 28.2. The summed E-state index contributed by atoms with van der Waals surface area (Å²) in [5.41, 5.74) is 2.53. The minimum absolute atomic E-state index is 0.0253. The summed E-state index contributed by atoms with van der Waals surface area (Å²) in [6, 6.07) is 17.6. The number of halogens is 1. The van der Waals surface area contributed by atoms with Gasteiger partial charge in [0.1, 0.15) is 23.0 Å². The number of carbonyl (C=O) groups excluding carboxylic acids is 1. The van der Waals surface area contributed by atoms with Gasteiger partial charge in [0.15, 0.2) is 11.5 Å². The van der Waals surface area contributed by atoms with Crippen molar-refractivity contribution in [1.29, 1.82) is 0 Å². The molecule has 0 spiro atoms. The van der Waals surface area contributed by atoms with Crippen LogP contribution in [0.3, 0.4) is 0 Å². The molecule has 1 aliphatic heterocycles. The van der Waals surface area contributed by atoms with Crippen molar-refractivity contribution in [3.8, 4) is 45.4 Å². The zero-order valence-electron chi connectivity index (χ0n) is 22.2. The van der Waals surface area contributed by atoms with Crippen LogP contribution in [-0.2, 0) is 6.54 Å². The van der Waals surface area contributed by atoms with Gasteiger partial charge in [0.05, 0.1) is 30.4 Å². The molecule has 1 fully saturated rings. The molecule has 1 aliphatic rings. The fourth-order valence-corrected chi connectivity index (χ4v) is 5.03. The van der Waals surface area contributed by atoms with E-state index in [4.69, 9.17) is 25.6 Å². The van der Waals surface area contributed by atoms with Crippen LogP contribution in [0.25, 0.3) is 22.5 Å². The highest BCUT2D eigenvalue weighted by molar-refractivity contribution is 6.32. The summed E-state index contributed by atoms with van der Waals surface area (Å²) < 4.78 is 16.1. The summed E-state index contributed by atoms with van der Waals surface area (Å²) >= 11 is 6.12. The first-order chi connectivity index (χ1) is 19.4. The summed E-state index contributed by atoms with van der Waals surface area (Å²) in [4.78, 5) is 15.9. The number of methoxy groups -OCH3 is 2. The highest BCUT2D eigenvalue weighted by atomic mass is 35.5. The topological polar surface area (TPSA) is 117 Å². The van der Waals surface area contributed by atoms with Gasteiger partial charge in [-0.05, 0) is 54.3 Å². The van der Waals surface area contributed by atoms with E-state index in [1.165, 1.54) is 11.6 Å². The second-order valence-corrected chi connectivity index (χ2v) is 10.1. The quantitative estimate of drug-likeness (QED) is 0.258. The predicted molar refractivity (Wildman–Crippen MR) is 151 cm³/mol. The molecule has 0 unspecified atom stereocenters. The van der Waals surface area contributed by atoms with Gasteiger partial charge >= 0.3 is 0 Å². The molecule has 2 heterocycles. The van der Waals surface area contributed by atoms with Crippen LogP contribution in [0.1, 0.15) is 28.9 Å². The molecule has 0 aliphatic carbocycles. The van der Waals surface area contributed by atoms with Crippen molar-refractivity contribution in [3.63, 3.8) is 0 Å². The Balaban J connectivity index is 1.34. The van der Waals surface area contributed by atoms with Gasteiger partial charge < -0.3 is 29.5 Å². The monoisotopic (exact) mass is 563 g/mol. The first-order valence-electron chi connectivity index (χ1n) is 12.9. The van der Waals surface area contributed by atoms with Crippen molar-refractivity contribution in [2.45, 2.75) is 25.4 Å². The lowest BCUT2D eigenvalue weighted by molar-refractivity contribution is 0.0900. The van der Waals surface area contributed by atoms with Crippen molar-refractivity contribution >= 4 is 17.5 Å². The van der Waals surface area contributed by atoms with Crippen LogP contribution in [0.15, 0.2) is 65.2 Å². The van der Waals surface area contributed by atoms with E-state index in [0.29, 0.717) is 16.9 Å². The molecule has 208 valence electrons. The highest BCUT2D eigenvalue weighted by Gasteiger charge is 2.29. The van der Waals surface area contributed by atoms with Gasteiger partial charge in [0.2, 0.25) is 0 Å². The third-order valence-corrected chi connectivity index (χ3v) is 7.39. The molecular formula is C30H30ClN3O6. The lowest BCUT2D eigenvalue weighted by Gasteiger charge is -2.32. The van der Waals surface area contributed by atoms with Gasteiger partial charge in [0.25, 0.3) is 5.91 Å². The molecule has 0 bridgehead atoms. The van der Waals surface area contributed by atoms with Crippen LogP contribution >= 0.6 is 11.6 Å². The number of amides is 1. The van der Waals surface area contributed by atoms with E-state index in [-0.39, 0.29) is 45.5 Å². The number of benzene rings is 3. The SMILES string of the molecule is COc1ccc(CN2CCC(NC(=O)c3noc(-c4cc(Cl)c(O)cc4O)c3-c3ccc(OC)cc3)CC2)cc1. The molecular weight excluding hydrogens is 534 g/mol. The Bertz CT molecular complexity index is 1480. The average molecular weight is 564 g/mol. The predicted octanol–water partition coefficient (Wildman–Crippen LogP) is 5.48. The number of ether oxygens (including phenoxy) is 2. The number of likely N-dealkylation sites (tertiary alicyclic amines) is 1. The second kappa shape index (κ2) is 11.9. The third-order valence-electron chi connectivity index (χ3n) is 7.08. The second-order valence-electron chi connectivity index (χ2n) is 9.66. The Morgan fingerprint density at radius 2 is 1.62 bits per heavy atom. The highest BCUT2D eigenvalue weighted by Crippen LogP contribution is 2.43. The fourth-order valence-electron chi connectivity index (χ4n) is 4.87. The molecule has 5 rings (SSSR count). The Morgan fingerprint density at radius 3 is 2.25 bits per heavy atom. The smallest absolute Gasteiger partial charge is 0.274 e. The minimum Gasteiger partial charge on any atom is -0.507 e. The van der Waals surface area contributed by atoms with E-state index in [9.17, 15) is 15.0 Å². The number of phenols is 2. The summed E-state index contributed by atoms with van der Waals surface area (Å²) in [5.74, 6) is 0.722. The van der Waals surface area contributed by atoms with Crippen LogP contribution < -0.4 is 14.8 Å². The fraction of sp³-hybridized carbons (Fsp3) is 0.267. The number of carbonyl (C=O) groups is 1. The Kier molecular flexibility index (Phi) is 8.14. The van der Waals surface area contributed by atoms with E-state index in [1.807, 2.05) is 12.1 Å². The van der Waals surface area contributed by atoms with Gasteiger partial charge in [-0.25, -0.2) is 0 Å². The lowest BCUT2D eigenvalue weighted by atomic mass is 9.97. The van der Waals surface area contributed by atoms with Gasteiger partial charge in [-0.2, -0.15) is 0 Å². The summed E-state index contributed by atoms with van der Waals surface area (Å²) in [5, 5.41) is 27.7. The maximum atomic E-state index is 13.5. The van der Waals surface area contributed by atoms with Crippen molar-refractivity contribution in [2.24, 2.45) is 0 Å². The Labute approximate surface area is 236 Å².